The summed E-state index contributed by atoms with van der Waals surface area (Å²) in [5.74, 6) is 2.30. The summed E-state index contributed by atoms with van der Waals surface area (Å²) >= 11 is 0. The third kappa shape index (κ3) is 5.25. The summed E-state index contributed by atoms with van der Waals surface area (Å²) in [5, 5.41) is 9.77. The molecule has 0 amide bonds. The van der Waals surface area contributed by atoms with Crippen LogP contribution in [0.3, 0.4) is 0 Å². The van der Waals surface area contributed by atoms with Gasteiger partial charge in [-0.15, -0.1) is 0 Å². The van der Waals surface area contributed by atoms with Crippen molar-refractivity contribution in [3.05, 3.63) is 36.2 Å². The van der Waals surface area contributed by atoms with Gasteiger partial charge in [-0.1, -0.05) is 19.8 Å². The lowest BCUT2D eigenvalue weighted by molar-refractivity contribution is 0.115. The molecule has 0 unspecified atom stereocenters. The van der Waals surface area contributed by atoms with E-state index in [2.05, 4.69) is 32.8 Å². The van der Waals surface area contributed by atoms with E-state index in [0.717, 1.165) is 38.2 Å². The maximum atomic E-state index is 9.77. The molecule has 2 aliphatic heterocycles. The van der Waals surface area contributed by atoms with E-state index in [4.69, 9.17) is 14.2 Å². The second kappa shape index (κ2) is 11.2. The van der Waals surface area contributed by atoms with E-state index >= 15 is 0 Å². The van der Waals surface area contributed by atoms with Gasteiger partial charge in [0.1, 0.15) is 6.10 Å². The van der Waals surface area contributed by atoms with Crippen molar-refractivity contribution in [2.24, 2.45) is 5.92 Å². The summed E-state index contributed by atoms with van der Waals surface area (Å²) in [7, 11) is 3.41. The zero-order valence-corrected chi connectivity index (χ0v) is 21.8. The van der Waals surface area contributed by atoms with Crippen LogP contribution in [0, 0.1) is 5.92 Å². The van der Waals surface area contributed by atoms with Crippen LogP contribution >= 0.6 is 0 Å². The fourth-order valence-electron chi connectivity index (χ4n) is 6.19. The van der Waals surface area contributed by atoms with Crippen LogP contribution in [-0.4, -0.2) is 73.8 Å². The minimum absolute atomic E-state index is 0.0637. The summed E-state index contributed by atoms with van der Waals surface area (Å²) in [5.41, 5.74) is 3.64. The lowest BCUT2D eigenvalue weighted by atomic mass is 9.93. The van der Waals surface area contributed by atoms with Crippen molar-refractivity contribution in [2.75, 3.05) is 50.3 Å². The largest absolute Gasteiger partial charge is 0.481 e. The molecule has 0 aromatic carbocycles. The number of aliphatic hydroxyl groups is 1. The minimum atomic E-state index is 0.0637. The van der Waals surface area contributed by atoms with Gasteiger partial charge in [0.2, 0.25) is 11.8 Å². The lowest BCUT2D eigenvalue weighted by Gasteiger charge is -2.39. The molecule has 5 rings (SSSR count). The van der Waals surface area contributed by atoms with Crippen LogP contribution in [0.5, 0.6) is 11.8 Å². The highest BCUT2D eigenvalue weighted by atomic mass is 16.5. The van der Waals surface area contributed by atoms with Gasteiger partial charge in [0.15, 0.2) is 0 Å². The SMILES string of the molecule is COc1cc(N2CC[C@@H](Oc3ccc(N4C[C@H](OC)C[C@@H]4CO)cn3)[C@H](C)C2)c(C2CCCC2)cn1. The van der Waals surface area contributed by atoms with Gasteiger partial charge >= 0.3 is 0 Å². The number of ether oxygens (including phenoxy) is 3. The molecule has 2 saturated heterocycles. The van der Waals surface area contributed by atoms with E-state index in [1.807, 2.05) is 24.5 Å². The van der Waals surface area contributed by atoms with Crippen LogP contribution in [0.15, 0.2) is 30.6 Å². The second-order valence-electron chi connectivity index (χ2n) is 10.6. The Balaban J connectivity index is 1.23. The lowest BCUT2D eigenvalue weighted by Crippen LogP contribution is -2.45. The number of rotatable bonds is 8. The molecule has 1 saturated carbocycles. The molecule has 8 heteroatoms. The van der Waals surface area contributed by atoms with Gasteiger partial charge in [-0.3, -0.25) is 0 Å². The van der Waals surface area contributed by atoms with E-state index in [-0.39, 0.29) is 24.9 Å². The van der Waals surface area contributed by atoms with Gasteiger partial charge in [-0.05, 0) is 36.8 Å². The first-order valence-corrected chi connectivity index (χ1v) is 13.4. The van der Waals surface area contributed by atoms with Crippen molar-refractivity contribution in [2.45, 2.75) is 69.6 Å². The van der Waals surface area contributed by atoms with Crippen molar-refractivity contribution in [3.63, 3.8) is 0 Å². The molecule has 4 heterocycles. The normalized spacial score (nSPS) is 27.0. The fourth-order valence-corrected chi connectivity index (χ4v) is 6.19. The highest BCUT2D eigenvalue weighted by Gasteiger charge is 2.33. The van der Waals surface area contributed by atoms with Crippen LogP contribution in [0.4, 0.5) is 11.4 Å². The summed E-state index contributed by atoms with van der Waals surface area (Å²) in [6, 6.07) is 6.18. The van der Waals surface area contributed by atoms with E-state index in [9.17, 15) is 5.11 Å². The number of hydrogen-bond acceptors (Lipinski definition) is 8. The average molecular weight is 497 g/mol. The second-order valence-corrected chi connectivity index (χ2v) is 10.6. The van der Waals surface area contributed by atoms with E-state index in [0.29, 0.717) is 23.6 Å². The Hall–Kier alpha value is -2.58. The number of aliphatic hydroxyl groups excluding tert-OH is 1. The molecule has 1 aliphatic carbocycles. The zero-order valence-electron chi connectivity index (χ0n) is 21.8. The van der Waals surface area contributed by atoms with Gasteiger partial charge in [0, 0.05) is 63.1 Å². The Labute approximate surface area is 214 Å². The smallest absolute Gasteiger partial charge is 0.215 e. The predicted molar refractivity (Wildman–Crippen MR) is 140 cm³/mol. The molecule has 2 aromatic rings. The number of aromatic nitrogens is 2. The molecule has 196 valence electrons. The Kier molecular flexibility index (Phi) is 7.82. The Morgan fingerprint density at radius 1 is 1.03 bits per heavy atom. The number of methoxy groups -OCH3 is 2. The fraction of sp³-hybridized carbons (Fsp3) is 0.643. The van der Waals surface area contributed by atoms with Crippen molar-refractivity contribution in [1.29, 1.82) is 0 Å². The van der Waals surface area contributed by atoms with Crippen molar-refractivity contribution < 1.29 is 19.3 Å². The third-order valence-corrected chi connectivity index (χ3v) is 8.30. The van der Waals surface area contributed by atoms with Crippen molar-refractivity contribution >= 4 is 11.4 Å². The van der Waals surface area contributed by atoms with Gasteiger partial charge in [0.05, 0.1) is 37.7 Å². The first-order valence-electron chi connectivity index (χ1n) is 13.4. The Bertz CT molecular complexity index is 998. The van der Waals surface area contributed by atoms with E-state index in [1.165, 1.54) is 36.9 Å². The monoisotopic (exact) mass is 496 g/mol. The van der Waals surface area contributed by atoms with Crippen LogP contribution < -0.4 is 19.3 Å². The third-order valence-electron chi connectivity index (χ3n) is 8.30. The van der Waals surface area contributed by atoms with Crippen molar-refractivity contribution in [3.8, 4) is 11.8 Å². The average Bonchev–Trinajstić information content (AvgIpc) is 3.60. The van der Waals surface area contributed by atoms with Gasteiger partial charge in [-0.25, -0.2) is 9.97 Å². The van der Waals surface area contributed by atoms with E-state index in [1.54, 1.807) is 14.2 Å². The first-order chi connectivity index (χ1) is 17.6. The molecule has 3 aliphatic rings. The summed E-state index contributed by atoms with van der Waals surface area (Å²) in [6.07, 6.45) is 11.0. The summed E-state index contributed by atoms with van der Waals surface area (Å²) in [6.45, 7) is 5.01. The Morgan fingerprint density at radius 3 is 2.50 bits per heavy atom. The highest BCUT2D eigenvalue weighted by molar-refractivity contribution is 5.57. The molecule has 3 fully saturated rings. The molecule has 0 radical (unpaired) electrons. The Morgan fingerprint density at radius 2 is 1.83 bits per heavy atom. The van der Waals surface area contributed by atoms with Gasteiger partial charge < -0.3 is 29.1 Å². The highest BCUT2D eigenvalue weighted by Crippen LogP contribution is 2.41. The molecular formula is C28H40N4O4. The molecule has 4 atom stereocenters. The molecule has 0 spiro atoms. The maximum absolute atomic E-state index is 9.77. The maximum Gasteiger partial charge on any atom is 0.215 e. The molecule has 8 nitrogen and oxygen atoms in total. The van der Waals surface area contributed by atoms with Gasteiger partial charge in [-0.2, -0.15) is 0 Å². The first kappa shape index (κ1) is 25.1. The predicted octanol–water partition coefficient (Wildman–Crippen LogP) is 4.02. The minimum Gasteiger partial charge on any atom is -0.481 e. The van der Waals surface area contributed by atoms with Crippen LogP contribution in [-0.2, 0) is 4.74 Å². The number of pyridine rings is 2. The van der Waals surface area contributed by atoms with Gasteiger partial charge in [0.25, 0.3) is 0 Å². The molecule has 0 bridgehead atoms. The number of nitrogens with zero attached hydrogens (tertiary/aromatic N) is 4. The van der Waals surface area contributed by atoms with Crippen LogP contribution in [0.25, 0.3) is 0 Å². The summed E-state index contributed by atoms with van der Waals surface area (Å²) < 4.78 is 17.3. The molecule has 1 N–H and O–H groups in total. The van der Waals surface area contributed by atoms with E-state index < -0.39 is 0 Å². The van der Waals surface area contributed by atoms with Crippen molar-refractivity contribution in [1.82, 2.24) is 9.97 Å². The molecule has 36 heavy (non-hydrogen) atoms. The molecular weight excluding hydrogens is 456 g/mol. The van der Waals surface area contributed by atoms with Crippen LogP contribution in [0.1, 0.15) is 56.9 Å². The number of hydrogen-bond donors (Lipinski definition) is 1. The summed E-state index contributed by atoms with van der Waals surface area (Å²) in [4.78, 5) is 13.8. The van der Waals surface area contributed by atoms with Crippen LogP contribution in [0.2, 0.25) is 0 Å². The number of piperidine rings is 1. The standard InChI is InChI=1S/C28H40N4O4/c1-19-16-31(25-13-28(35-3)30-15-24(25)20-6-4-5-7-20)11-10-26(19)36-27-9-8-21(14-29-27)32-17-23(34-2)12-22(32)18-33/h8-9,13-15,19-20,22-23,26,33H,4-7,10-12,16-18H2,1-3H3/t19-,22-,23-,26-/m1/s1. The molecule has 2 aromatic heterocycles. The number of anilines is 2. The zero-order chi connectivity index (χ0) is 25.1. The quantitative estimate of drug-likeness (QED) is 0.587. The topological polar surface area (TPSA) is 80.2 Å².